The standard InChI is InChI=1S/C10H21N3O.C6H8O7/c1-4-12(5-2)10(14)13-8-6-11(3)7-9-13;7-3(8)1-6(13,5(11)12)2-4(9)10/h4-9H2,1-3H3;13H,1-2H2,(H,7,8)(H,9,10)(H,11,12). The molecule has 0 aliphatic carbocycles. The second kappa shape index (κ2) is 11.3. The van der Waals surface area contributed by atoms with Gasteiger partial charge in [0.25, 0.3) is 0 Å². The van der Waals surface area contributed by atoms with Crippen LogP contribution in [0.4, 0.5) is 4.79 Å². The average Bonchev–Trinajstić information content (AvgIpc) is 2.55. The van der Waals surface area contributed by atoms with E-state index in [0.717, 1.165) is 39.3 Å². The van der Waals surface area contributed by atoms with Gasteiger partial charge in [0.15, 0.2) is 5.60 Å². The Morgan fingerprint density at radius 3 is 1.59 bits per heavy atom. The zero-order valence-corrected chi connectivity index (χ0v) is 15.9. The van der Waals surface area contributed by atoms with Gasteiger partial charge in [0.05, 0.1) is 12.8 Å². The maximum absolute atomic E-state index is 11.9. The van der Waals surface area contributed by atoms with Crippen molar-refractivity contribution in [1.29, 1.82) is 0 Å². The number of rotatable bonds is 7. The van der Waals surface area contributed by atoms with Crippen molar-refractivity contribution >= 4 is 23.9 Å². The number of piperazine rings is 1. The number of likely N-dealkylation sites (N-methyl/N-ethyl adjacent to an activating group) is 1. The summed E-state index contributed by atoms with van der Waals surface area (Å²) in [4.78, 5) is 48.5. The van der Waals surface area contributed by atoms with Gasteiger partial charge in [0, 0.05) is 39.3 Å². The Labute approximate surface area is 157 Å². The van der Waals surface area contributed by atoms with Gasteiger partial charge in [-0.1, -0.05) is 0 Å². The Morgan fingerprint density at radius 2 is 1.30 bits per heavy atom. The molecule has 1 fully saturated rings. The second-order valence-electron chi connectivity index (χ2n) is 6.22. The van der Waals surface area contributed by atoms with Crippen molar-refractivity contribution in [1.82, 2.24) is 14.7 Å². The minimum atomic E-state index is -2.74. The summed E-state index contributed by atoms with van der Waals surface area (Å²) in [7, 11) is 2.10. The molecule has 156 valence electrons. The third-order valence-corrected chi connectivity index (χ3v) is 4.09. The van der Waals surface area contributed by atoms with Crippen LogP contribution in [0.25, 0.3) is 0 Å². The fraction of sp³-hybridized carbons (Fsp3) is 0.750. The third kappa shape index (κ3) is 8.69. The molecule has 1 aliphatic heterocycles. The van der Waals surface area contributed by atoms with Gasteiger partial charge in [-0.3, -0.25) is 9.59 Å². The maximum Gasteiger partial charge on any atom is 0.336 e. The first-order chi connectivity index (χ1) is 12.5. The SMILES string of the molecule is CCN(CC)C(=O)N1CCN(C)CC1.O=C(O)CC(O)(CC(=O)O)C(=O)O. The number of hydrogen-bond donors (Lipinski definition) is 4. The minimum absolute atomic E-state index is 0.197. The number of carboxylic acid groups (broad SMARTS) is 3. The Kier molecular flexibility index (Phi) is 10.3. The normalized spacial score (nSPS) is 14.7. The van der Waals surface area contributed by atoms with Gasteiger partial charge in [-0.05, 0) is 20.9 Å². The highest BCUT2D eigenvalue weighted by atomic mass is 16.4. The lowest BCUT2D eigenvalue weighted by Gasteiger charge is -2.35. The topological polar surface area (TPSA) is 159 Å². The molecule has 0 bridgehead atoms. The molecule has 0 saturated carbocycles. The quantitative estimate of drug-likeness (QED) is 0.446. The van der Waals surface area contributed by atoms with E-state index in [0.29, 0.717) is 0 Å². The summed E-state index contributed by atoms with van der Waals surface area (Å²) in [6.45, 7) is 9.38. The number of urea groups is 1. The first-order valence-corrected chi connectivity index (χ1v) is 8.58. The van der Waals surface area contributed by atoms with Crippen LogP contribution < -0.4 is 0 Å². The molecular formula is C16H29N3O8. The lowest BCUT2D eigenvalue weighted by molar-refractivity contribution is -0.170. The summed E-state index contributed by atoms with van der Waals surface area (Å²) < 4.78 is 0. The van der Waals surface area contributed by atoms with Crippen molar-refractivity contribution in [3.63, 3.8) is 0 Å². The van der Waals surface area contributed by atoms with E-state index in [1.807, 2.05) is 23.6 Å². The van der Waals surface area contributed by atoms with Crippen molar-refractivity contribution in [2.75, 3.05) is 46.3 Å². The molecule has 1 heterocycles. The summed E-state index contributed by atoms with van der Waals surface area (Å²) in [5.41, 5.74) is -2.74. The van der Waals surface area contributed by atoms with Gasteiger partial charge in [-0.25, -0.2) is 9.59 Å². The largest absolute Gasteiger partial charge is 0.481 e. The molecule has 0 aromatic rings. The Bertz CT molecular complexity index is 512. The van der Waals surface area contributed by atoms with Crippen molar-refractivity contribution in [3.05, 3.63) is 0 Å². The maximum atomic E-state index is 11.9. The number of hydrogen-bond acceptors (Lipinski definition) is 6. The molecule has 27 heavy (non-hydrogen) atoms. The summed E-state index contributed by atoms with van der Waals surface area (Å²) >= 11 is 0. The Morgan fingerprint density at radius 1 is 0.889 bits per heavy atom. The number of carbonyl (C=O) groups excluding carboxylic acids is 1. The molecule has 1 rings (SSSR count). The fourth-order valence-electron chi connectivity index (χ4n) is 2.41. The number of carbonyl (C=O) groups is 4. The van der Waals surface area contributed by atoms with Crippen LogP contribution in [0.2, 0.25) is 0 Å². The summed E-state index contributed by atoms with van der Waals surface area (Å²) in [5, 5.41) is 33.8. The van der Waals surface area contributed by atoms with E-state index in [1.54, 1.807) is 0 Å². The van der Waals surface area contributed by atoms with Crippen LogP contribution in [0.5, 0.6) is 0 Å². The Balaban J connectivity index is 0.000000503. The average molecular weight is 391 g/mol. The zero-order valence-electron chi connectivity index (χ0n) is 15.9. The highest BCUT2D eigenvalue weighted by Crippen LogP contribution is 2.15. The van der Waals surface area contributed by atoms with Gasteiger partial charge >= 0.3 is 23.9 Å². The molecule has 0 aromatic carbocycles. The smallest absolute Gasteiger partial charge is 0.336 e. The van der Waals surface area contributed by atoms with Gasteiger partial charge in [0.2, 0.25) is 0 Å². The summed E-state index contributed by atoms with van der Waals surface area (Å²) in [6.07, 6.45) is -2.29. The molecule has 0 spiro atoms. The molecule has 0 radical (unpaired) electrons. The molecule has 11 nitrogen and oxygen atoms in total. The van der Waals surface area contributed by atoms with Crippen molar-refractivity contribution in [2.45, 2.75) is 32.3 Å². The van der Waals surface area contributed by atoms with Crippen LogP contribution >= 0.6 is 0 Å². The van der Waals surface area contributed by atoms with Crippen molar-refractivity contribution in [3.8, 4) is 0 Å². The molecule has 2 amide bonds. The predicted octanol–water partition coefficient (Wildman–Crippen LogP) is -0.553. The van der Waals surface area contributed by atoms with Crippen LogP contribution in [-0.2, 0) is 14.4 Å². The van der Waals surface area contributed by atoms with E-state index in [-0.39, 0.29) is 6.03 Å². The van der Waals surface area contributed by atoms with E-state index < -0.39 is 36.4 Å². The fourth-order valence-corrected chi connectivity index (χ4v) is 2.41. The summed E-state index contributed by atoms with van der Waals surface area (Å²) in [6, 6.07) is 0.197. The third-order valence-electron chi connectivity index (χ3n) is 4.09. The number of aliphatic carboxylic acids is 3. The van der Waals surface area contributed by atoms with Crippen LogP contribution in [0, 0.1) is 0 Å². The number of nitrogens with zero attached hydrogens (tertiary/aromatic N) is 3. The van der Waals surface area contributed by atoms with E-state index in [2.05, 4.69) is 11.9 Å². The first-order valence-electron chi connectivity index (χ1n) is 8.58. The van der Waals surface area contributed by atoms with E-state index in [1.165, 1.54) is 0 Å². The van der Waals surface area contributed by atoms with Crippen LogP contribution in [0.15, 0.2) is 0 Å². The number of carboxylic acids is 3. The number of aliphatic hydroxyl groups is 1. The van der Waals surface area contributed by atoms with Crippen LogP contribution in [0.3, 0.4) is 0 Å². The van der Waals surface area contributed by atoms with Crippen molar-refractivity contribution < 1.29 is 39.6 Å². The molecule has 0 atom stereocenters. The first kappa shape index (κ1) is 24.6. The molecular weight excluding hydrogens is 362 g/mol. The van der Waals surface area contributed by atoms with Gasteiger partial charge in [-0.15, -0.1) is 0 Å². The van der Waals surface area contributed by atoms with Gasteiger partial charge in [-0.2, -0.15) is 0 Å². The van der Waals surface area contributed by atoms with Crippen molar-refractivity contribution in [2.24, 2.45) is 0 Å². The molecule has 0 unspecified atom stereocenters. The van der Waals surface area contributed by atoms with Gasteiger partial charge in [0.1, 0.15) is 0 Å². The number of amides is 2. The summed E-state index contributed by atoms with van der Waals surface area (Å²) in [5.74, 6) is -5.02. The highest BCUT2D eigenvalue weighted by Gasteiger charge is 2.40. The molecule has 0 aromatic heterocycles. The molecule has 4 N–H and O–H groups in total. The molecule has 1 aliphatic rings. The molecule has 11 heteroatoms. The highest BCUT2D eigenvalue weighted by molar-refractivity contribution is 5.88. The van der Waals surface area contributed by atoms with E-state index >= 15 is 0 Å². The lowest BCUT2D eigenvalue weighted by Crippen LogP contribution is -2.51. The predicted molar refractivity (Wildman–Crippen MR) is 94.5 cm³/mol. The van der Waals surface area contributed by atoms with Crippen LogP contribution in [-0.4, -0.2) is 111 Å². The van der Waals surface area contributed by atoms with E-state index in [9.17, 15) is 19.2 Å². The minimum Gasteiger partial charge on any atom is -0.481 e. The van der Waals surface area contributed by atoms with E-state index in [4.69, 9.17) is 20.4 Å². The Hall–Kier alpha value is -2.40. The zero-order chi connectivity index (χ0) is 21.2. The molecule has 1 saturated heterocycles. The second-order valence-corrected chi connectivity index (χ2v) is 6.22. The van der Waals surface area contributed by atoms with Crippen LogP contribution in [0.1, 0.15) is 26.7 Å². The van der Waals surface area contributed by atoms with Gasteiger partial charge < -0.3 is 35.1 Å². The monoisotopic (exact) mass is 391 g/mol. The lowest BCUT2D eigenvalue weighted by atomic mass is 9.96.